The van der Waals surface area contributed by atoms with Crippen LogP contribution in [0.2, 0.25) is 5.02 Å². The summed E-state index contributed by atoms with van der Waals surface area (Å²) in [4.78, 5) is 21.9. The summed E-state index contributed by atoms with van der Waals surface area (Å²) in [7, 11) is 0. The molecule has 0 N–H and O–H groups in total. The van der Waals surface area contributed by atoms with Crippen molar-refractivity contribution in [1.82, 2.24) is 9.88 Å². The summed E-state index contributed by atoms with van der Waals surface area (Å²) in [6.45, 7) is 8.59. The van der Waals surface area contributed by atoms with E-state index in [4.69, 9.17) is 22.9 Å². The zero-order valence-electron chi connectivity index (χ0n) is 14.1. The Balaban J connectivity index is 1.36. The van der Waals surface area contributed by atoms with Crippen molar-refractivity contribution < 1.29 is 9.53 Å². The minimum atomic E-state index is 0.0616. The maximum atomic E-state index is 12.6. The molecule has 2 atom stereocenters. The van der Waals surface area contributed by atoms with E-state index in [0.29, 0.717) is 33.9 Å². The largest absolute Gasteiger partial charge is 0.490 e. The number of benzene rings is 1. The van der Waals surface area contributed by atoms with E-state index < -0.39 is 0 Å². The first-order valence-corrected chi connectivity index (χ1v) is 9.05. The number of hydrogen-bond acceptors (Lipinski definition) is 3. The van der Waals surface area contributed by atoms with E-state index in [2.05, 4.69) is 9.83 Å². The molecule has 132 valence electrons. The fourth-order valence-electron chi connectivity index (χ4n) is 4.02. The summed E-state index contributed by atoms with van der Waals surface area (Å²) in [5.41, 5.74) is 1.08. The molecule has 1 amide bonds. The van der Waals surface area contributed by atoms with Crippen molar-refractivity contribution in [2.45, 2.75) is 18.9 Å². The highest BCUT2D eigenvalue weighted by molar-refractivity contribution is 6.33. The van der Waals surface area contributed by atoms with Crippen LogP contribution in [-0.4, -0.2) is 35.0 Å². The number of likely N-dealkylation sites (tertiary alicyclic amines) is 1. The van der Waals surface area contributed by atoms with Gasteiger partial charge in [-0.05, 0) is 48.9 Å². The molecule has 2 aromatic rings. The zero-order valence-corrected chi connectivity index (χ0v) is 14.9. The van der Waals surface area contributed by atoms with Gasteiger partial charge in [0, 0.05) is 25.5 Å². The molecule has 6 heteroatoms. The number of carbonyl (C=O) groups excluding carboxylic acids is 1. The minimum Gasteiger partial charge on any atom is -0.490 e. The fraction of sp³-hybridized carbons (Fsp3) is 0.350. The third-order valence-corrected chi connectivity index (χ3v) is 5.55. The van der Waals surface area contributed by atoms with Gasteiger partial charge in [-0.1, -0.05) is 17.7 Å². The van der Waals surface area contributed by atoms with Crippen LogP contribution in [0.15, 0.2) is 42.7 Å². The molecule has 2 aliphatic rings. The lowest BCUT2D eigenvalue weighted by Gasteiger charge is -2.20. The second-order valence-electron chi connectivity index (χ2n) is 6.91. The van der Waals surface area contributed by atoms with Crippen molar-refractivity contribution >= 4 is 23.2 Å². The lowest BCUT2D eigenvalue weighted by atomic mass is 10.0. The van der Waals surface area contributed by atoms with E-state index in [9.17, 15) is 4.79 Å². The van der Waals surface area contributed by atoms with Crippen molar-refractivity contribution in [3.8, 4) is 5.75 Å². The Bertz CT molecular complexity index is 851. The summed E-state index contributed by atoms with van der Waals surface area (Å²) in [5, 5.41) is 0.420. The number of fused-ring (bicyclic) bond motifs is 1. The van der Waals surface area contributed by atoms with Crippen LogP contribution < -0.4 is 4.74 Å². The summed E-state index contributed by atoms with van der Waals surface area (Å²) in [6, 6.07) is 8.80. The molecule has 1 aromatic carbocycles. The smallest absolute Gasteiger partial charge is 0.255 e. The molecule has 5 nitrogen and oxygen atoms in total. The molecule has 1 aliphatic carbocycles. The van der Waals surface area contributed by atoms with Gasteiger partial charge in [-0.25, -0.2) is 4.85 Å². The minimum absolute atomic E-state index is 0.0616. The maximum absolute atomic E-state index is 12.6. The average molecular weight is 368 g/mol. The number of aromatic nitrogens is 1. The van der Waals surface area contributed by atoms with Crippen LogP contribution in [0.4, 0.5) is 5.69 Å². The van der Waals surface area contributed by atoms with Gasteiger partial charge in [0.2, 0.25) is 5.69 Å². The predicted octanol–water partition coefficient (Wildman–Crippen LogP) is 4.22. The van der Waals surface area contributed by atoms with Gasteiger partial charge in [0.05, 0.1) is 23.3 Å². The summed E-state index contributed by atoms with van der Waals surface area (Å²) >= 11 is 6.08. The molecular formula is C20H18ClN3O2. The van der Waals surface area contributed by atoms with E-state index in [-0.39, 0.29) is 12.0 Å². The molecule has 2 heterocycles. The standard InChI is InChI=1S/C20H18ClN3O2/c1-22-19-5-4-16(9-18(19)21)26-17-7-14-11-24(12-15(14)8-17)20(25)13-3-2-6-23-10-13/h2-6,9-10,14-15,17H,7-8,11-12H2. The van der Waals surface area contributed by atoms with E-state index in [0.717, 1.165) is 25.9 Å². The molecule has 1 saturated heterocycles. The number of hydrogen-bond donors (Lipinski definition) is 0. The first kappa shape index (κ1) is 16.9. The third-order valence-electron chi connectivity index (χ3n) is 5.25. The van der Waals surface area contributed by atoms with Gasteiger partial charge in [0.1, 0.15) is 5.75 Å². The van der Waals surface area contributed by atoms with E-state index >= 15 is 0 Å². The van der Waals surface area contributed by atoms with Gasteiger partial charge in [-0.3, -0.25) is 9.78 Å². The van der Waals surface area contributed by atoms with Gasteiger partial charge < -0.3 is 9.64 Å². The summed E-state index contributed by atoms with van der Waals surface area (Å²) < 4.78 is 6.07. The zero-order chi connectivity index (χ0) is 18.1. The van der Waals surface area contributed by atoms with E-state index in [1.807, 2.05) is 11.0 Å². The first-order valence-electron chi connectivity index (χ1n) is 8.67. The van der Waals surface area contributed by atoms with Crippen LogP contribution in [0.5, 0.6) is 5.75 Å². The highest BCUT2D eigenvalue weighted by atomic mass is 35.5. The lowest BCUT2D eigenvalue weighted by molar-refractivity contribution is 0.0769. The second-order valence-corrected chi connectivity index (χ2v) is 7.32. The normalized spacial score (nSPS) is 24.2. The Labute approximate surface area is 157 Å². The van der Waals surface area contributed by atoms with Crippen LogP contribution in [0.1, 0.15) is 23.2 Å². The Hall–Kier alpha value is -2.58. The van der Waals surface area contributed by atoms with Gasteiger partial charge in [0.15, 0.2) is 0 Å². The van der Waals surface area contributed by atoms with Crippen LogP contribution in [0.3, 0.4) is 0 Å². The molecule has 1 aliphatic heterocycles. The molecule has 0 radical (unpaired) electrons. The van der Waals surface area contributed by atoms with Crippen molar-refractivity contribution in [1.29, 1.82) is 0 Å². The second kappa shape index (κ2) is 6.97. The van der Waals surface area contributed by atoms with E-state index in [1.165, 1.54) is 0 Å². The molecule has 1 saturated carbocycles. The maximum Gasteiger partial charge on any atom is 0.255 e. The Morgan fingerprint density at radius 1 is 1.27 bits per heavy atom. The average Bonchev–Trinajstić information content (AvgIpc) is 3.20. The number of pyridine rings is 1. The number of amides is 1. The molecule has 0 bridgehead atoms. The predicted molar refractivity (Wildman–Crippen MR) is 98.5 cm³/mol. The highest BCUT2D eigenvalue weighted by Gasteiger charge is 2.43. The fourth-order valence-corrected chi connectivity index (χ4v) is 4.24. The Kier molecular flexibility index (Phi) is 4.52. The van der Waals surface area contributed by atoms with Crippen molar-refractivity contribution in [2.24, 2.45) is 11.8 Å². The quantitative estimate of drug-likeness (QED) is 0.763. The lowest BCUT2D eigenvalue weighted by Crippen LogP contribution is -2.30. The van der Waals surface area contributed by atoms with Gasteiger partial charge in [-0.2, -0.15) is 0 Å². The van der Waals surface area contributed by atoms with Crippen molar-refractivity contribution in [3.63, 3.8) is 0 Å². The van der Waals surface area contributed by atoms with Crippen LogP contribution in [-0.2, 0) is 0 Å². The Morgan fingerprint density at radius 3 is 2.65 bits per heavy atom. The first-order chi connectivity index (χ1) is 12.6. The monoisotopic (exact) mass is 367 g/mol. The molecule has 4 rings (SSSR count). The number of ether oxygens (including phenoxy) is 1. The number of carbonyl (C=O) groups is 1. The van der Waals surface area contributed by atoms with Gasteiger partial charge in [0.25, 0.3) is 5.91 Å². The van der Waals surface area contributed by atoms with Crippen LogP contribution in [0.25, 0.3) is 4.85 Å². The van der Waals surface area contributed by atoms with Crippen LogP contribution in [0, 0.1) is 18.4 Å². The third kappa shape index (κ3) is 3.25. The van der Waals surface area contributed by atoms with E-state index in [1.54, 1.807) is 36.7 Å². The molecule has 2 unspecified atom stereocenters. The number of nitrogens with zero attached hydrogens (tertiary/aromatic N) is 3. The molecule has 26 heavy (non-hydrogen) atoms. The molecule has 2 fully saturated rings. The summed E-state index contributed by atoms with van der Waals surface area (Å²) in [6.07, 6.45) is 5.30. The SMILES string of the molecule is [C-]#[N+]c1ccc(OC2CC3CN(C(=O)c4cccnc4)CC3C2)cc1Cl. The molecule has 0 spiro atoms. The van der Waals surface area contributed by atoms with Crippen molar-refractivity contribution in [3.05, 3.63) is 64.7 Å². The van der Waals surface area contributed by atoms with Gasteiger partial charge >= 0.3 is 0 Å². The summed E-state index contributed by atoms with van der Waals surface area (Å²) in [5.74, 6) is 1.71. The van der Waals surface area contributed by atoms with Crippen LogP contribution >= 0.6 is 11.6 Å². The number of halogens is 1. The Morgan fingerprint density at radius 2 is 2.04 bits per heavy atom. The topological polar surface area (TPSA) is 46.8 Å². The van der Waals surface area contributed by atoms with Crippen molar-refractivity contribution in [2.75, 3.05) is 13.1 Å². The molecular weight excluding hydrogens is 350 g/mol. The number of rotatable bonds is 3. The molecule has 1 aromatic heterocycles. The van der Waals surface area contributed by atoms with Gasteiger partial charge in [-0.15, -0.1) is 0 Å². The highest BCUT2D eigenvalue weighted by Crippen LogP contribution is 2.40.